The number of hydrogen-bond acceptors (Lipinski definition) is 6. The predicted octanol–water partition coefficient (Wildman–Crippen LogP) is 2.96. The molecule has 0 N–H and O–H groups in total. The van der Waals surface area contributed by atoms with Gasteiger partial charge in [-0.05, 0) is 37.1 Å². The van der Waals surface area contributed by atoms with Gasteiger partial charge in [-0.1, -0.05) is 6.07 Å². The smallest absolute Gasteiger partial charge is 0.255 e. The SMILES string of the molecule is COc1cccc(N(C)C2CCN(c3nc(-c4ccncc4)cc(=O)n3C)CC2)c1. The van der Waals surface area contributed by atoms with E-state index < -0.39 is 0 Å². The van der Waals surface area contributed by atoms with Gasteiger partial charge in [0.15, 0.2) is 0 Å². The van der Waals surface area contributed by atoms with Gasteiger partial charge < -0.3 is 14.5 Å². The standard InChI is InChI=1S/C23H27N5O2/c1-26(19-5-4-6-20(15-19)30-3)18-9-13-28(14-10-18)23-25-21(16-22(29)27(23)2)17-7-11-24-12-8-17/h4-8,11-12,15-16,18H,9-10,13-14H2,1-3H3. The van der Waals surface area contributed by atoms with Crippen LogP contribution in [0.3, 0.4) is 0 Å². The zero-order valence-corrected chi connectivity index (χ0v) is 17.7. The van der Waals surface area contributed by atoms with Gasteiger partial charge in [-0.15, -0.1) is 0 Å². The molecule has 1 saturated heterocycles. The van der Waals surface area contributed by atoms with Gasteiger partial charge in [-0.25, -0.2) is 4.98 Å². The summed E-state index contributed by atoms with van der Waals surface area (Å²) in [5, 5.41) is 0. The van der Waals surface area contributed by atoms with Gasteiger partial charge in [-0.2, -0.15) is 0 Å². The fourth-order valence-corrected chi connectivity index (χ4v) is 3.97. The molecule has 30 heavy (non-hydrogen) atoms. The largest absolute Gasteiger partial charge is 0.497 e. The van der Waals surface area contributed by atoms with E-state index in [1.165, 1.54) is 0 Å². The van der Waals surface area contributed by atoms with Gasteiger partial charge >= 0.3 is 0 Å². The zero-order valence-electron chi connectivity index (χ0n) is 17.7. The Morgan fingerprint density at radius 3 is 2.53 bits per heavy atom. The molecule has 1 aromatic carbocycles. The Bertz CT molecular complexity index is 1060. The Labute approximate surface area is 176 Å². The molecule has 4 rings (SSSR count). The van der Waals surface area contributed by atoms with Crippen molar-refractivity contribution in [2.24, 2.45) is 7.05 Å². The lowest BCUT2D eigenvalue weighted by atomic mass is 10.0. The van der Waals surface area contributed by atoms with Crippen LogP contribution in [0, 0.1) is 0 Å². The lowest BCUT2D eigenvalue weighted by molar-refractivity contribution is 0.414. The molecule has 0 spiro atoms. The predicted molar refractivity (Wildman–Crippen MR) is 119 cm³/mol. The lowest BCUT2D eigenvalue weighted by Gasteiger charge is -2.38. The average Bonchev–Trinajstić information content (AvgIpc) is 2.81. The fourth-order valence-electron chi connectivity index (χ4n) is 3.97. The van der Waals surface area contributed by atoms with Gasteiger partial charge in [-0.3, -0.25) is 14.3 Å². The second-order valence-electron chi connectivity index (χ2n) is 7.61. The Morgan fingerprint density at radius 1 is 1.10 bits per heavy atom. The molecule has 3 aromatic rings. The third kappa shape index (κ3) is 4.01. The molecule has 1 aliphatic rings. The maximum atomic E-state index is 12.6. The highest BCUT2D eigenvalue weighted by molar-refractivity contribution is 5.59. The molecule has 0 saturated carbocycles. The minimum absolute atomic E-state index is 0.0533. The van der Waals surface area contributed by atoms with E-state index in [1.54, 1.807) is 37.2 Å². The van der Waals surface area contributed by atoms with Gasteiger partial charge in [0.05, 0.1) is 12.8 Å². The summed E-state index contributed by atoms with van der Waals surface area (Å²) < 4.78 is 7.00. The first kappa shape index (κ1) is 19.9. The highest BCUT2D eigenvalue weighted by Gasteiger charge is 2.25. The first-order chi connectivity index (χ1) is 14.6. The summed E-state index contributed by atoms with van der Waals surface area (Å²) in [5.74, 6) is 1.58. The second kappa shape index (κ2) is 8.57. The fraction of sp³-hybridized carbons (Fsp3) is 0.348. The summed E-state index contributed by atoms with van der Waals surface area (Å²) in [7, 11) is 5.61. The molecule has 156 valence electrons. The molecule has 0 unspecified atom stereocenters. The first-order valence-corrected chi connectivity index (χ1v) is 10.2. The molecule has 2 aromatic heterocycles. The van der Waals surface area contributed by atoms with Crippen LogP contribution >= 0.6 is 0 Å². The van der Waals surface area contributed by atoms with E-state index in [0.29, 0.717) is 11.7 Å². The number of rotatable bonds is 5. The van der Waals surface area contributed by atoms with E-state index in [4.69, 9.17) is 9.72 Å². The van der Waals surface area contributed by atoms with Crippen molar-refractivity contribution >= 4 is 11.6 Å². The molecule has 3 heterocycles. The van der Waals surface area contributed by atoms with Crippen LogP contribution < -0.4 is 20.1 Å². The normalized spacial score (nSPS) is 14.6. The van der Waals surface area contributed by atoms with Crippen molar-refractivity contribution in [3.8, 4) is 17.0 Å². The molecule has 7 nitrogen and oxygen atoms in total. The van der Waals surface area contributed by atoms with Gasteiger partial charge in [0.2, 0.25) is 5.95 Å². The summed E-state index contributed by atoms with van der Waals surface area (Å²) in [4.78, 5) is 25.9. The van der Waals surface area contributed by atoms with E-state index in [0.717, 1.165) is 48.9 Å². The number of piperidine rings is 1. The highest BCUT2D eigenvalue weighted by atomic mass is 16.5. The maximum Gasteiger partial charge on any atom is 0.255 e. The van der Waals surface area contributed by atoms with Crippen LogP contribution in [0.5, 0.6) is 5.75 Å². The van der Waals surface area contributed by atoms with Crippen LogP contribution in [0.4, 0.5) is 11.6 Å². The van der Waals surface area contributed by atoms with E-state index in [9.17, 15) is 4.79 Å². The quantitative estimate of drug-likeness (QED) is 0.650. The number of anilines is 2. The van der Waals surface area contributed by atoms with Crippen LogP contribution in [-0.4, -0.2) is 47.8 Å². The summed E-state index contributed by atoms with van der Waals surface area (Å²) in [5.41, 5.74) is 2.68. The van der Waals surface area contributed by atoms with Gasteiger partial charge in [0, 0.05) is 69.0 Å². The van der Waals surface area contributed by atoms with Crippen LogP contribution in [0.2, 0.25) is 0 Å². The zero-order chi connectivity index (χ0) is 21.1. The summed E-state index contributed by atoms with van der Waals surface area (Å²) in [6.07, 6.45) is 5.41. The molecule has 0 atom stereocenters. The molecule has 0 bridgehead atoms. The molecule has 1 aliphatic heterocycles. The third-order valence-corrected chi connectivity index (χ3v) is 5.84. The van der Waals surface area contributed by atoms with Crippen molar-refractivity contribution in [1.82, 2.24) is 14.5 Å². The van der Waals surface area contributed by atoms with E-state index >= 15 is 0 Å². The topological polar surface area (TPSA) is 63.5 Å². The molecular formula is C23H27N5O2. The Hall–Kier alpha value is -3.35. The van der Waals surface area contributed by atoms with Crippen molar-refractivity contribution in [2.45, 2.75) is 18.9 Å². The Balaban J connectivity index is 1.51. The molecular weight excluding hydrogens is 378 g/mol. The Kier molecular flexibility index (Phi) is 5.70. The minimum atomic E-state index is -0.0533. The van der Waals surface area contributed by atoms with Crippen molar-refractivity contribution in [3.05, 3.63) is 65.2 Å². The van der Waals surface area contributed by atoms with Gasteiger partial charge in [0.25, 0.3) is 5.56 Å². The van der Waals surface area contributed by atoms with Gasteiger partial charge in [0.1, 0.15) is 5.75 Å². The minimum Gasteiger partial charge on any atom is -0.497 e. The highest BCUT2D eigenvalue weighted by Crippen LogP contribution is 2.27. The number of pyridine rings is 1. The Morgan fingerprint density at radius 2 is 1.83 bits per heavy atom. The van der Waals surface area contributed by atoms with Crippen molar-refractivity contribution < 1.29 is 4.74 Å². The van der Waals surface area contributed by atoms with Crippen molar-refractivity contribution in [2.75, 3.05) is 37.0 Å². The molecule has 0 amide bonds. The van der Waals surface area contributed by atoms with Crippen molar-refractivity contribution in [3.63, 3.8) is 0 Å². The van der Waals surface area contributed by atoms with E-state index in [2.05, 4.69) is 34.0 Å². The van der Waals surface area contributed by atoms with Crippen LogP contribution in [-0.2, 0) is 7.05 Å². The molecule has 7 heteroatoms. The third-order valence-electron chi connectivity index (χ3n) is 5.84. The maximum absolute atomic E-state index is 12.6. The molecule has 0 aliphatic carbocycles. The van der Waals surface area contributed by atoms with Crippen LogP contribution in [0.1, 0.15) is 12.8 Å². The number of methoxy groups -OCH3 is 1. The van der Waals surface area contributed by atoms with Crippen molar-refractivity contribution in [1.29, 1.82) is 0 Å². The second-order valence-corrected chi connectivity index (χ2v) is 7.61. The van der Waals surface area contributed by atoms with E-state index in [-0.39, 0.29) is 5.56 Å². The van der Waals surface area contributed by atoms with Crippen LogP contribution in [0.15, 0.2) is 59.7 Å². The summed E-state index contributed by atoms with van der Waals surface area (Å²) >= 11 is 0. The molecule has 0 radical (unpaired) electrons. The summed E-state index contributed by atoms with van der Waals surface area (Å²) in [6.45, 7) is 1.69. The monoisotopic (exact) mass is 405 g/mol. The van der Waals surface area contributed by atoms with Crippen LogP contribution in [0.25, 0.3) is 11.3 Å². The summed E-state index contributed by atoms with van der Waals surface area (Å²) in [6, 6.07) is 13.9. The number of hydrogen-bond donors (Lipinski definition) is 0. The first-order valence-electron chi connectivity index (χ1n) is 10.2. The number of aromatic nitrogens is 3. The number of benzene rings is 1. The van der Waals surface area contributed by atoms with E-state index in [1.807, 2.05) is 24.3 Å². The molecule has 1 fully saturated rings. The number of ether oxygens (including phenoxy) is 1. The average molecular weight is 406 g/mol. The lowest BCUT2D eigenvalue weighted by Crippen LogP contribution is -2.45. The number of nitrogens with zero attached hydrogens (tertiary/aromatic N) is 5.